The second kappa shape index (κ2) is 8.76. The summed E-state index contributed by atoms with van der Waals surface area (Å²) in [5.41, 5.74) is 2.16. The maximum atomic E-state index is 12.5. The first kappa shape index (κ1) is 19.7. The van der Waals surface area contributed by atoms with Crippen molar-refractivity contribution in [2.24, 2.45) is 0 Å². The second-order valence-corrected chi connectivity index (χ2v) is 7.77. The van der Waals surface area contributed by atoms with Gasteiger partial charge in [-0.15, -0.1) is 11.3 Å². The summed E-state index contributed by atoms with van der Waals surface area (Å²) in [5, 5.41) is 4.26. The van der Waals surface area contributed by atoms with E-state index in [1.165, 1.54) is 12.0 Å². The van der Waals surface area contributed by atoms with Crippen molar-refractivity contribution in [3.8, 4) is 5.75 Å². The number of Topliss-reactive ketones (excluding diaryl/α,β-unsaturated/α-hetero) is 1. The summed E-state index contributed by atoms with van der Waals surface area (Å²) < 4.78 is 10.3. The van der Waals surface area contributed by atoms with Crippen LogP contribution in [0.5, 0.6) is 5.75 Å². The van der Waals surface area contributed by atoms with Gasteiger partial charge in [0.05, 0.1) is 30.8 Å². The number of aryl methyl sites for hydroxylation is 1. The minimum absolute atomic E-state index is 0.0778. The average Bonchev–Trinajstić information content (AvgIpc) is 3.04. The van der Waals surface area contributed by atoms with E-state index >= 15 is 0 Å². The van der Waals surface area contributed by atoms with Gasteiger partial charge in [0.25, 0.3) is 0 Å². The van der Waals surface area contributed by atoms with Crippen LogP contribution in [0.15, 0.2) is 18.2 Å². The molecule has 1 N–H and O–H groups in total. The van der Waals surface area contributed by atoms with Crippen LogP contribution in [0.3, 0.4) is 0 Å². The first-order chi connectivity index (χ1) is 13.0. The largest absolute Gasteiger partial charge is 0.495 e. The molecule has 2 aromatic rings. The van der Waals surface area contributed by atoms with Crippen molar-refractivity contribution < 1.29 is 19.1 Å². The fourth-order valence-corrected chi connectivity index (χ4v) is 4.74. The molecule has 1 heterocycles. The smallest absolute Gasteiger partial charge is 0.341 e. The first-order valence-corrected chi connectivity index (χ1v) is 10.2. The number of rotatable bonds is 7. The molecule has 0 saturated heterocycles. The number of methoxy groups -OCH3 is 1. The molecule has 7 heteroatoms. The molecule has 0 bridgehead atoms. The third-order valence-electron chi connectivity index (χ3n) is 4.53. The predicted octanol–water partition coefficient (Wildman–Crippen LogP) is 4.76. The van der Waals surface area contributed by atoms with E-state index in [1.54, 1.807) is 36.5 Å². The van der Waals surface area contributed by atoms with Gasteiger partial charge >= 0.3 is 5.97 Å². The van der Waals surface area contributed by atoms with Crippen LogP contribution in [0.2, 0.25) is 5.02 Å². The maximum Gasteiger partial charge on any atom is 0.341 e. The Kier molecular flexibility index (Phi) is 6.39. The quantitative estimate of drug-likeness (QED) is 0.529. The lowest BCUT2D eigenvalue weighted by Gasteiger charge is -2.12. The Morgan fingerprint density at radius 1 is 1.26 bits per heavy atom. The van der Waals surface area contributed by atoms with Gasteiger partial charge < -0.3 is 14.8 Å². The van der Waals surface area contributed by atoms with E-state index in [2.05, 4.69) is 5.32 Å². The molecule has 0 amide bonds. The number of halogens is 1. The molecule has 1 aromatic carbocycles. The molecule has 0 saturated carbocycles. The molecule has 0 unspecified atom stereocenters. The number of esters is 1. The Morgan fingerprint density at radius 3 is 2.74 bits per heavy atom. The summed E-state index contributed by atoms with van der Waals surface area (Å²) in [5.74, 6) is 0.0942. The van der Waals surface area contributed by atoms with Gasteiger partial charge in [0.1, 0.15) is 10.8 Å². The topological polar surface area (TPSA) is 64.6 Å². The molecule has 0 spiro atoms. The van der Waals surface area contributed by atoms with Gasteiger partial charge in [-0.1, -0.05) is 11.6 Å². The summed E-state index contributed by atoms with van der Waals surface area (Å²) >= 11 is 7.66. The van der Waals surface area contributed by atoms with E-state index in [1.807, 2.05) is 0 Å². The van der Waals surface area contributed by atoms with Crippen LogP contribution in [-0.2, 0) is 17.6 Å². The van der Waals surface area contributed by atoms with E-state index in [4.69, 9.17) is 21.1 Å². The van der Waals surface area contributed by atoms with Crippen molar-refractivity contribution in [1.29, 1.82) is 0 Å². The Balaban J connectivity index is 1.79. The molecule has 3 rings (SSSR count). The number of benzene rings is 1. The highest BCUT2D eigenvalue weighted by molar-refractivity contribution is 7.16. The maximum absolute atomic E-state index is 12.5. The Labute approximate surface area is 167 Å². The molecule has 1 aliphatic rings. The van der Waals surface area contributed by atoms with Gasteiger partial charge in [0.15, 0.2) is 5.78 Å². The number of ether oxygens (including phenoxy) is 2. The number of hydrogen-bond acceptors (Lipinski definition) is 6. The molecule has 144 valence electrons. The van der Waals surface area contributed by atoms with E-state index in [0.29, 0.717) is 33.5 Å². The van der Waals surface area contributed by atoms with E-state index < -0.39 is 0 Å². The van der Waals surface area contributed by atoms with Crippen LogP contribution in [0.1, 0.15) is 50.9 Å². The molecule has 27 heavy (non-hydrogen) atoms. The summed E-state index contributed by atoms with van der Waals surface area (Å²) in [6, 6.07) is 4.94. The minimum Gasteiger partial charge on any atom is -0.495 e. The van der Waals surface area contributed by atoms with Gasteiger partial charge in [-0.25, -0.2) is 4.79 Å². The molecule has 0 fully saturated rings. The number of carbonyl (C=O) groups is 2. The Hall–Kier alpha value is -2.05. The fourth-order valence-electron chi connectivity index (χ4n) is 3.21. The van der Waals surface area contributed by atoms with Crippen molar-refractivity contribution in [2.45, 2.75) is 32.6 Å². The molecule has 0 atom stereocenters. The molecule has 0 radical (unpaired) electrons. The van der Waals surface area contributed by atoms with E-state index in [9.17, 15) is 9.59 Å². The van der Waals surface area contributed by atoms with Gasteiger partial charge in [0, 0.05) is 10.4 Å². The Morgan fingerprint density at radius 2 is 2.04 bits per heavy atom. The molecule has 0 aliphatic heterocycles. The predicted molar refractivity (Wildman–Crippen MR) is 108 cm³/mol. The van der Waals surface area contributed by atoms with Crippen LogP contribution in [0.25, 0.3) is 0 Å². The first-order valence-electron chi connectivity index (χ1n) is 8.97. The zero-order valence-corrected chi connectivity index (χ0v) is 17.0. The van der Waals surface area contributed by atoms with Crippen molar-refractivity contribution in [3.05, 3.63) is 44.8 Å². The zero-order valence-electron chi connectivity index (χ0n) is 15.4. The van der Waals surface area contributed by atoms with Crippen LogP contribution in [0.4, 0.5) is 5.00 Å². The van der Waals surface area contributed by atoms with Crippen molar-refractivity contribution in [1.82, 2.24) is 0 Å². The summed E-state index contributed by atoms with van der Waals surface area (Å²) in [4.78, 5) is 26.2. The highest BCUT2D eigenvalue weighted by Crippen LogP contribution is 2.38. The number of anilines is 1. The summed E-state index contributed by atoms with van der Waals surface area (Å²) in [7, 11) is 1.53. The van der Waals surface area contributed by atoms with Gasteiger partial charge in [0.2, 0.25) is 0 Å². The number of fused-ring (bicyclic) bond motifs is 1. The molecule has 1 aliphatic carbocycles. The average molecular weight is 408 g/mol. The standard InChI is InChI=1S/C20H22ClNO4S/c1-3-26-20(24)18-13-6-4-5-7-17(13)27-19(18)22-11-15(23)12-8-9-16(25-2)14(21)10-12/h8-10,22H,3-7,11H2,1-2H3. The number of carbonyl (C=O) groups excluding carboxylic acids is 2. The number of nitrogens with one attached hydrogen (secondary N) is 1. The van der Waals surface area contributed by atoms with Crippen LogP contribution < -0.4 is 10.1 Å². The zero-order chi connectivity index (χ0) is 19.4. The lowest BCUT2D eigenvalue weighted by Crippen LogP contribution is -2.16. The third kappa shape index (κ3) is 4.28. The molecular weight excluding hydrogens is 386 g/mol. The summed E-state index contributed by atoms with van der Waals surface area (Å²) in [6.07, 6.45) is 4.04. The van der Waals surface area contributed by atoms with Crippen LogP contribution in [-0.4, -0.2) is 32.0 Å². The third-order valence-corrected chi connectivity index (χ3v) is 6.08. The normalized spacial score (nSPS) is 13.0. The fraction of sp³-hybridized carbons (Fsp3) is 0.400. The van der Waals surface area contributed by atoms with E-state index in [0.717, 1.165) is 31.2 Å². The van der Waals surface area contributed by atoms with E-state index in [-0.39, 0.29) is 18.3 Å². The second-order valence-electron chi connectivity index (χ2n) is 6.26. The van der Waals surface area contributed by atoms with Crippen LogP contribution >= 0.6 is 22.9 Å². The molecular formula is C20H22ClNO4S. The van der Waals surface area contributed by atoms with Gasteiger partial charge in [-0.2, -0.15) is 0 Å². The number of ketones is 1. The number of thiophene rings is 1. The van der Waals surface area contributed by atoms with Crippen molar-refractivity contribution in [2.75, 3.05) is 25.6 Å². The minimum atomic E-state index is -0.320. The highest BCUT2D eigenvalue weighted by Gasteiger charge is 2.26. The molecule has 1 aromatic heterocycles. The van der Waals surface area contributed by atoms with Gasteiger partial charge in [-0.05, 0) is 56.4 Å². The van der Waals surface area contributed by atoms with Crippen molar-refractivity contribution >= 4 is 39.7 Å². The summed E-state index contributed by atoms with van der Waals surface area (Å²) in [6.45, 7) is 2.20. The lowest BCUT2D eigenvalue weighted by atomic mass is 9.95. The van der Waals surface area contributed by atoms with Gasteiger partial charge in [-0.3, -0.25) is 4.79 Å². The van der Waals surface area contributed by atoms with Crippen LogP contribution in [0, 0.1) is 0 Å². The lowest BCUT2D eigenvalue weighted by molar-refractivity contribution is 0.0526. The molecule has 5 nitrogen and oxygen atoms in total. The highest BCUT2D eigenvalue weighted by atomic mass is 35.5. The SMILES string of the molecule is CCOC(=O)c1c(NCC(=O)c2ccc(OC)c(Cl)c2)sc2c1CCCC2. The Bertz CT molecular complexity index is 862. The van der Waals surface area contributed by atoms with Crippen molar-refractivity contribution in [3.63, 3.8) is 0 Å². The number of hydrogen-bond donors (Lipinski definition) is 1. The monoisotopic (exact) mass is 407 g/mol.